The van der Waals surface area contributed by atoms with Crippen molar-refractivity contribution in [2.24, 2.45) is 5.92 Å². The molecule has 1 fully saturated rings. The van der Waals surface area contributed by atoms with Crippen LogP contribution in [-0.2, 0) is 19.4 Å². The Labute approximate surface area is 133 Å². The largest absolute Gasteiger partial charge is 0.352 e. The highest BCUT2D eigenvalue weighted by Gasteiger charge is 2.37. The minimum absolute atomic E-state index is 0.0340. The first kappa shape index (κ1) is 17.1. The molecule has 2 amide bonds. The molecule has 0 saturated carbocycles. The lowest BCUT2D eigenvalue weighted by Crippen LogP contribution is -2.36. The predicted molar refractivity (Wildman–Crippen MR) is 83.9 cm³/mol. The molecule has 1 heterocycles. The van der Waals surface area contributed by atoms with E-state index in [1.807, 2.05) is 0 Å². The van der Waals surface area contributed by atoms with Crippen LogP contribution < -0.4 is 10.2 Å². The first-order chi connectivity index (χ1) is 10.8. The molecule has 1 saturated heterocycles. The lowest BCUT2D eigenvalue weighted by Gasteiger charge is -2.16. The minimum atomic E-state index is -3.24. The summed E-state index contributed by atoms with van der Waals surface area (Å²) in [5, 5.41) is 3.51. The van der Waals surface area contributed by atoms with Gasteiger partial charge in [-0.1, -0.05) is 6.08 Å². The second-order valence-electron chi connectivity index (χ2n) is 5.25. The Bertz CT molecular complexity index is 728. The summed E-state index contributed by atoms with van der Waals surface area (Å²) in [6, 6.07) is 5.49. The standard InChI is InChI=1S/C15H17FN2O4S/c1-23(21,22)10-2-8-17-14(19)13-7-9-18(15(13)20)12-5-3-11(16)4-6-12/h2-6,10,13H,7-9H2,1H3,(H,17,19)/b10-2+. The molecule has 1 aliphatic rings. The third-order valence-corrected chi connectivity index (χ3v) is 4.08. The van der Waals surface area contributed by atoms with Crippen molar-refractivity contribution in [1.29, 1.82) is 0 Å². The second-order valence-corrected chi connectivity index (χ2v) is 7.19. The number of nitrogens with one attached hydrogen (secondary N) is 1. The number of carbonyl (C=O) groups is 2. The number of anilines is 1. The number of benzene rings is 1. The Balaban J connectivity index is 1.94. The second kappa shape index (κ2) is 6.91. The maximum atomic E-state index is 12.9. The Hall–Kier alpha value is -2.22. The van der Waals surface area contributed by atoms with Crippen molar-refractivity contribution >= 4 is 27.3 Å². The van der Waals surface area contributed by atoms with Crippen molar-refractivity contribution in [1.82, 2.24) is 5.32 Å². The van der Waals surface area contributed by atoms with Gasteiger partial charge in [-0.25, -0.2) is 12.8 Å². The van der Waals surface area contributed by atoms with Gasteiger partial charge >= 0.3 is 0 Å². The zero-order valence-corrected chi connectivity index (χ0v) is 13.3. The van der Waals surface area contributed by atoms with Gasteiger partial charge in [0.05, 0.1) is 0 Å². The summed E-state index contributed by atoms with van der Waals surface area (Å²) in [7, 11) is -3.24. The maximum Gasteiger partial charge on any atom is 0.239 e. The van der Waals surface area contributed by atoms with Gasteiger partial charge in [-0.3, -0.25) is 9.59 Å². The molecule has 8 heteroatoms. The molecule has 0 aromatic heterocycles. The molecule has 1 aromatic rings. The fourth-order valence-electron chi connectivity index (χ4n) is 2.31. The number of amides is 2. The topological polar surface area (TPSA) is 83.6 Å². The van der Waals surface area contributed by atoms with Crippen LogP contribution in [0, 0.1) is 11.7 Å². The molecule has 1 unspecified atom stereocenters. The van der Waals surface area contributed by atoms with Crippen molar-refractivity contribution in [3.05, 3.63) is 41.6 Å². The number of hydrogen-bond acceptors (Lipinski definition) is 4. The molecular weight excluding hydrogens is 323 g/mol. The van der Waals surface area contributed by atoms with E-state index in [9.17, 15) is 22.4 Å². The molecule has 0 aliphatic carbocycles. The van der Waals surface area contributed by atoms with Gasteiger partial charge in [-0.05, 0) is 30.7 Å². The number of nitrogens with zero attached hydrogens (tertiary/aromatic N) is 1. The van der Waals surface area contributed by atoms with E-state index in [0.717, 1.165) is 11.7 Å². The van der Waals surface area contributed by atoms with Gasteiger partial charge < -0.3 is 10.2 Å². The fraction of sp³-hybridized carbons (Fsp3) is 0.333. The van der Waals surface area contributed by atoms with E-state index < -0.39 is 27.5 Å². The van der Waals surface area contributed by atoms with Crippen LogP contribution in [0.2, 0.25) is 0 Å². The molecule has 0 radical (unpaired) electrons. The van der Waals surface area contributed by atoms with E-state index in [4.69, 9.17) is 0 Å². The third-order valence-electron chi connectivity index (χ3n) is 3.40. The maximum absolute atomic E-state index is 12.9. The van der Waals surface area contributed by atoms with Gasteiger partial charge in [-0.15, -0.1) is 0 Å². The van der Waals surface area contributed by atoms with Crippen LogP contribution in [0.15, 0.2) is 35.7 Å². The summed E-state index contributed by atoms with van der Waals surface area (Å²) in [6.07, 6.45) is 2.72. The summed E-state index contributed by atoms with van der Waals surface area (Å²) < 4.78 is 34.8. The zero-order chi connectivity index (χ0) is 17.0. The van der Waals surface area contributed by atoms with Gasteiger partial charge in [0.15, 0.2) is 9.84 Å². The zero-order valence-electron chi connectivity index (χ0n) is 12.5. The van der Waals surface area contributed by atoms with Crippen LogP contribution in [0.5, 0.6) is 0 Å². The molecule has 1 aromatic carbocycles. The van der Waals surface area contributed by atoms with Crippen LogP contribution >= 0.6 is 0 Å². The first-order valence-corrected chi connectivity index (χ1v) is 8.94. The van der Waals surface area contributed by atoms with E-state index in [1.54, 1.807) is 0 Å². The van der Waals surface area contributed by atoms with Gasteiger partial charge in [0, 0.05) is 30.4 Å². The average molecular weight is 340 g/mol. The average Bonchev–Trinajstić information content (AvgIpc) is 2.85. The highest BCUT2D eigenvalue weighted by molar-refractivity contribution is 7.93. The van der Waals surface area contributed by atoms with E-state index in [0.29, 0.717) is 18.7 Å². The SMILES string of the molecule is CS(=O)(=O)/C=C/CNC(=O)C1CCN(c2ccc(F)cc2)C1=O. The van der Waals surface area contributed by atoms with Crippen molar-refractivity contribution < 1.29 is 22.4 Å². The highest BCUT2D eigenvalue weighted by atomic mass is 32.2. The normalized spacial score (nSPS) is 18.6. The molecule has 1 aliphatic heterocycles. The molecule has 1 N–H and O–H groups in total. The Kier molecular flexibility index (Phi) is 5.15. The Morgan fingerprint density at radius 1 is 1.39 bits per heavy atom. The number of halogens is 1. The first-order valence-electron chi connectivity index (χ1n) is 6.99. The lowest BCUT2D eigenvalue weighted by molar-refractivity contribution is -0.131. The molecular formula is C15H17FN2O4S. The third kappa shape index (κ3) is 4.62. The van der Waals surface area contributed by atoms with Gasteiger partial charge in [0.25, 0.3) is 0 Å². The molecule has 1 atom stereocenters. The number of rotatable bonds is 5. The molecule has 6 nitrogen and oxygen atoms in total. The number of hydrogen-bond donors (Lipinski definition) is 1. The molecule has 23 heavy (non-hydrogen) atoms. The summed E-state index contributed by atoms with van der Waals surface area (Å²) >= 11 is 0. The molecule has 124 valence electrons. The van der Waals surface area contributed by atoms with Gasteiger partial charge in [0.2, 0.25) is 11.8 Å². The van der Waals surface area contributed by atoms with Crippen molar-refractivity contribution in [2.75, 3.05) is 24.2 Å². The summed E-state index contributed by atoms with van der Waals surface area (Å²) in [5.41, 5.74) is 0.545. The lowest BCUT2D eigenvalue weighted by atomic mass is 10.1. The van der Waals surface area contributed by atoms with Gasteiger partial charge in [0.1, 0.15) is 11.7 Å². The molecule has 2 rings (SSSR count). The Morgan fingerprint density at radius 2 is 2.04 bits per heavy atom. The highest BCUT2D eigenvalue weighted by Crippen LogP contribution is 2.25. The van der Waals surface area contributed by atoms with Crippen LogP contribution in [0.3, 0.4) is 0 Å². The Morgan fingerprint density at radius 3 is 2.65 bits per heavy atom. The van der Waals surface area contributed by atoms with Crippen LogP contribution in [0.4, 0.5) is 10.1 Å². The number of carbonyl (C=O) groups excluding carboxylic acids is 2. The monoisotopic (exact) mass is 340 g/mol. The summed E-state index contributed by atoms with van der Waals surface area (Å²) in [6.45, 7) is 0.411. The van der Waals surface area contributed by atoms with Crippen molar-refractivity contribution in [2.45, 2.75) is 6.42 Å². The van der Waals surface area contributed by atoms with Crippen molar-refractivity contribution in [3.8, 4) is 0 Å². The van der Waals surface area contributed by atoms with Crippen LogP contribution in [0.25, 0.3) is 0 Å². The van der Waals surface area contributed by atoms with Crippen LogP contribution in [0.1, 0.15) is 6.42 Å². The smallest absolute Gasteiger partial charge is 0.239 e. The summed E-state index contributed by atoms with van der Waals surface area (Å²) in [4.78, 5) is 25.7. The van der Waals surface area contributed by atoms with E-state index in [-0.39, 0.29) is 12.5 Å². The quantitative estimate of drug-likeness (QED) is 0.806. The van der Waals surface area contributed by atoms with Crippen molar-refractivity contribution in [3.63, 3.8) is 0 Å². The van der Waals surface area contributed by atoms with E-state index in [1.165, 1.54) is 35.2 Å². The van der Waals surface area contributed by atoms with E-state index >= 15 is 0 Å². The number of sulfone groups is 1. The van der Waals surface area contributed by atoms with Crippen LogP contribution in [-0.4, -0.2) is 39.6 Å². The predicted octanol–water partition coefficient (Wildman–Crippen LogP) is 0.853. The van der Waals surface area contributed by atoms with E-state index in [2.05, 4.69) is 5.32 Å². The van der Waals surface area contributed by atoms with Gasteiger partial charge in [-0.2, -0.15) is 0 Å². The minimum Gasteiger partial charge on any atom is -0.352 e. The molecule has 0 spiro atoms. The summed E-state index contributed by atoms with van der Waals surface area (Å²) in [5.74, 6) is -2.00. The molecule has 0 bridgehead atoms. The fourth-order valence-corrected chi connectivity index (χ4v) is 2.75.